The van der Waals surface area contributed by atoms with Crippen LogP contribution in [0.5, 0.6) is 0 Å². The molecule has 0 aliphatic heterocycles. The Labute approximate surface area is 241 Å². The van der Waals surface area contributed by atoms with E-state index in [0.717, 1.165) is 48.9 Å². The third-order valence-electron chi connectivity index (χ3n) is 12.9. The van der Waals surface area contributed by atoms with Crippen molar-refractivity contribution in [2.24, 2.45) is 51.5 Å². The van der Waals surface area contributed by atoms with E-state index in [1.807, 2.05) is 13.8 Å². The average molecular weight is 560 g/mol. The summed E-state index contributed by atoms with van der Waals surface area (Å²) in [6.45, 7) is 23.2. The molecule has 0 heterocycles. The number of nitrogens with zero attached hydrogens (tertiary/aromatic N) is 1. The molecule has 0 aromatic carbocycles. The quantitative estimate of drug-likeness (QED) is 0.102. The third kappa shape index (κ3) is 5.85. The fourth-order valence-corrected chi connectivity index (χ4v) is 11.1. The van der Waals surface area contributed by atoms with Gasteiger partial charge in [-0.1, -0.05) is 66.0 Å². The van der Waals surface area contributed by atoms with Crippen LogP contribution in [0.2, 0.25) is 18.1 Å². The average Bonchev–Trinajstić information content (AvgIpc) is 3.16. The third-order valence-corrected chi connectivity index (χ3v) is 17.4. The number of aliphatic hydroxyl groups is 1. The molecule has 4 aliphatic rings. The predicted octanol–water partition coefficient (Wildman–Crippen LogP) is 9.22. The van der Waals surface area contributed by atoms with Crippen LogP contribution in [-0.4, -0.2) is 36.6 Å². The zero-order valence-corrected chi connectivity index (χ0v) is 28.0. The fraction of sp³-hybridized carbons (Fsp3) is 0.912. The highest BCUT2D eigenvalue weighted by molar-refractivity contribution is 6.74. The summed E-state index contributed by atoms with van der Waals surface area (Å²) in [6, 6.07) is 0. The normalized spacial score (nSPS) is 40.1. The molecule has 9 atom stereocenters. The van der Waals surface area contributed by atoms with Gasteiger partial charge in [-0.25, -0.2) is 0 Å². The van der Waals surface area contributed by atoms with Crippen LogP contribution in [0.15, 0.2) is 16.8 Å². The molecule has 0 spiro atoms. The van der Waals surface area contributed by atoms with E-state index in [1.165, 1.54) is 50.5 Å². The van der Waals surface area contributed by atoms with E-state index in [0.29, 0.717) is 5.41 Å². The summed E-state index contributed by atoms with van der Waals surface area (Å²) < 4.78 is 7.00. The van der Waals surface area contributed by atoms with Crippen LogP contribution >= 0.6 is 0 Å². The molecule has 0 amide bonds. The van der Waals surface area contributed by atoms with Crippen molar-refractivity contribution in [1.29, 1.82) is 0 Å². The van der Waals surface area contributed by atoms with Crippen molar-refractivity contribution in [3.8, 4) is 0 Å². The lowest BCUT2D eigenvalue weighted by atomic mass is 9.46. The van der Waals surface area contributed by atoms with E-state index in [2.05, 4.69) is 65.9 Å². The maximum atomic E-state index is 10.2. The highest BCUT2D eigenvalue weighted by atomic mass is 28.4. The van der Waals surface area contributed by atoms with Gasteiger partial charge in [-0.2, -0.15) is 0 Å². The lowest BCUT2D eigenvalue weighted by Crippen LogP contribution is -2.55. The second-order valence-electron chi connectivity index (χ2n) is 16.8. The summed E-state index contributed by atoms with van der Waals surface area (Å²) in [5, 5.41) is 23.7. The Morgan fingerprint density at radius 2 is 1.77 bits per heavy atom. The molecule has 5 heteroatoms. The van der Waals surface area contributed by atoms with Gasteiger partial charge in [0.1, 0.15) is 0 Å². The van der Waals surface area contributed by atoms with E-state index < -0.39 is 13.9 Å². The van der Waals surface area contributed by atoms with Gasteiger partial charge in [-0.15, -0.1) is 5.16 Å². The molecule has 3 saturated carbocycles. The molecule has 0 aromatic rings. The standard InChI is InChI=1S/C34H61NO3Si/c1-23(12-11-19-32(5,6)36)26-15-16-27-24-13-14-28-25(22-35-37)30(38-39(9,10)31(2,3)4)18-21-34(28,8)29(24)17-20-33(26,27)7/h14,22-27,29-30,36-37H,11-13,15-21H2,1-10H3/t23-,24+,25?,26-,27+,29+,30+,33-,34+/m1/s1. The van der Waals surface area contributed by atoms with Gasteiger partial charge in [-0.05, 0) is 124 Å². The maximum Gasteiger partial charge on any atom is 0.192 e. The summed E-state index contributed by atoms with van der Waals surface area (Å²) in [5.41, 5.74) is 1.59. The first-order valence-electron chi connectivity index (χ1n) is 16.2. The maximum absolute atomic E-state index is 10.2. The van der Waals surface area contributed by atoms with Crippen LogP contribution in [0.3, 0.4) is 0 Å². The first kappa shape index (κ1) is 31.3. The molecule has 39 heavy (non-hydrogen) atoms. The number of hydrogen-bond donors (Lipinski definition) is 2. The fourth-order valence-electron chi connectivity index (χ4n) is 9.75. The van der Waals surface area contributed by atoms with Crippen LogP contribution in [0.25, 0.3) is 0 Å². The largest absolute Gasteiger partial charge is 0.413 e. The molecule has 2 N–H and O–H groups in total. The zero-order valence-electron chi connectivity index (χ0n) is 27.0. The van der Waals surface area contributed by atoms with Crippen molar-refractivity contribution >= 4 is 14.5 Å². The minimum absolute atomic E-state index is 0.0873. The van der Waals surface area contributed by atoms with Crippen molar-refractivity contribution in [3.05, 3.63) is 11.6 Å². The van der Waals surface area contributed by atoms with E-state index >= 15 is 0 Å². The summed E-state index contributed by atoms with van der Waals surface area (Å²) in [5.74, 6) is 3.95. The highest BCUT2D eigenvalue weighted by Crippen LogP contribution is 2.68. The van der Waals surface area contributed by atoms with Gasteiger partial charge < -0.3 is 14.7 Å². The van der Waals surface area contributed by atoms with Gasteiger partial charge in [0.2, 0.25) is 0 Å². The van der Waals surface area contributed by atoms with Gasteiger partial charge in [0.25, 0.3) is 0 Å². The molecule has 4 nitrogen and oxygen atoms in total. The minimum atomic E-state index is -1.93. The number of oxime groups is 1. The Hall–Kier alpha value is -0.653. The van der Waals surface area contributed by atoms with Gasteiger partial charge in [-0.3, -0.25) is 0 Å². The van der Waals surface area contributed by atoms with Gasteiger partial charge >= 0.3 is 0 Å². The second kappa shape index (κ2) is 10.9. The van der Waals surface area contributed by atoms with Crippen molar-refractivity contribution < 1.29 is 14.7 Å². The Morgan fingerprint density at radius 1 is 1.08 bits per heavy atom. The molecular weight excluding hydrogens is 498 g/mol. The van der Waals surface area contributed by atoms with E-state index in [4.69, 9.17) is 4.43 Å². The lowest BCUT2D eigenvalue weighted by Gasteiger charge is -2.60. The Kier molecular flexibility index (Phi) is 8.73. The van der Waals surface area contributed by atoms with Crippen molar-refractivity contribution in [1.82, 2.24) is 0 Å². The first-order valence-corrected chi connectivity index (χ1v) is 19.1. The monoisotopic (exact) mass is 559 g/mol. The molecule has 0 saturated heterocycles. The van der Waals surface area contributed by atoms with Crippen LogP contribution < -0.4 is 0 Å². The Bertz CT molecular complexity index is 930. The minimum Gasteiger partial charge on any atom is -0.413 e. The van der Waals surface area contributed by atoms with E-state index in [1.54, 1.807) is 6.21 Å². The Balaban J connectivity index is 1.54. The van der Waals surface area contributed by atoms with E-state index in [9.17, 15) is 10.3 Å². The molecule has 1 unspecified atom stereocenters. The molecule has 4 rings (SSSR count). The van der Waals surface area contributed by atoms with Crippen LogP contribution in [0.1, 0.15) is 120 Å². The smallest absolute Gasteiger partial charge is 0.192 e. The Morgan fingerprint density at radius 3 is 2.38 bits per heavy atom. The number of allylic oxidation sites excluding steroid dienone is 1. The molecule has 0 bridgehead atoms. The summed E-state index contributed by atoms with van der Waals surface area (Å²) in [4.78, 5) is 0. The molecule has 4 aliphatic carbocycles. The zero-order chi connectivity index (χ0) is 29.0. The van der Waals surface area contributed by atoms with Crippen molar-refractivity contribution in [2.45, 2.75) is 149 Å². The predicted molar refractivity (Wildman–Crippen MR) is 166 cm³/mol. The van der Waals surface area contributed by atoms with Crippen LogP contribution in [0.4, 0.5) is 0 Å². The number of fused-ring (bicyclic) bond motifs is 5. The summed E-state index contributed by atoms with van der Waals surface area (Å²) >= 11 is 0. The lowest BCUT2D eigenvalue weighted by molar-refractivity contribution is -0.0602. The molecule has 0 aromatic heterocycles. The number of hydrogen-bond acceptors (Lipinski definition) is 4. The molecular formula is C34H61NO3Si. The summed E-state index contributed by atoms with van der Waals surface area (Å²) in [7, 11) is -1.93. The van der Waals surface area contributed by atoms with Crippen molar-refractivity contribution in [3.63, 3.8) is 0 Å². The van der Waals surface area contributed by atoms with E-state index in [-0.39, 0.29) is 22.5 Å². The van der Waals surface area contributed by atoms with Gasteiger partial charge in [0.05, 0.1) is 17.9 Å². The molecule has 0 radical (unpaired) electrons. The summed E-state index contributed by atoms with van der Waals surface area (Å²) in [6.07, 6.45) is 16.6. The SMILES string of the molecule is C[C@H](CCCC(C)(C)O)[C@H]1CC[C@H]2[C@@H]3CC=C4C(C=NO)[C@@H](O[Si](C)(C)C(C)(C)C)CC[C@]4(C)[C@H]3CC[C@]12C. The second-order valence-corrected chi connectivity index (χ2v) is 21.6. The first-order chi connectivity index (χ1) is 17.9. The van der Waals surface area contributed by atoms with Gasteiger partial charge in [0.15, 0.2) is 8.32 Å². The highest BCUT2D eigenvalue weighted by Gasteiger charge is 2.60. The van der Waals surface area contributed by atoms with Gasteiger partial charge in [0, 0.05) is 5.92 Å². The molecule has 3 fully saturated rings. The van der Waals surface area contributed by atoms with Crippen LogP contribution in [-0.2, 0) is 4.43 Å². The molecule has 224 valence electrons. The van der Waals surface area contributed by atoms with Crippen LogP contribution in [0, 0.1) is 46.3 Å². The number of rotatable bonds is 8. The van der Waals surface area contributed by atoms with Crippen molar-refractivity contribution in [2.75, 3.05) is 0 Å². The topological polar surface area (TPSA) is 62.1 Å².